The number of benzene rings is 2. The van der Waals surface area contributed by atoms with E-state index in [2.05, 4.69) is 71.1 Å². The van der Waals surface area contributed by atoms with E-state index in [1.165, 1.54) is 21.6 Å². The molecule has 4 nitrogen and oxygen atoms in total. The molecule has 5 heteroatoms. The van der Waals surface area contributed by atoms with Crippen LogP contribution in [-0.2, 0) is 11.3 Å². The van der Waals surface area contributed by atoms with Crippen LogP contribution in [0.5, 0.6) is 0 Å². The number of piperazine rings is 1. The van der Waals surface area contributed by atoms with Crippen molar-refractivity contribution < 1.29 is 4.79 Å². The predicted octanol–water partition coefficient (Wildman–Crippen LogP) is 4.08. The lowest BCUT2D eigenvalue weighted by Crippen LogP contribution is -2.50. The summed E-state index contributed by atoms with van der Waals surface area (Å²) in [7, 11) is 0. The van der Waals surface area contributed by atoms with Crippen LogP contribution in [0.3, 0.4) is 0 Å². The first-order chi connectivity index (χ1) is 14.7. The zero-order valence-corrected chi connectivity index (χ0v) is 18.3. The van der Waals surface area contributed by atoms with Crippen LogP contribution < -0.4 is 5.32 Å². The highest BCUT2D eigenvalue weighted by molar-refractivity contribution is 7.09. The Morgan fingerprint density at radius 1 is 0.933 bits per heavy atom. The maximum absolute atomic E-state index is 12.9. The average molecular weight is 420 g/mol. The van der Waals surface area contributed by atoms with Gasteiger partial charge in [0.15, 0.2) is 0 Å². The van der Waals surface area contributed by atoms with Crippen LogP contribution in [0.4, 0.5) is 0 Å². The summed E-state index contributed by atoms with van der Waals surface area (Å²) in [6.07, 6.45) is 0. The first kappa shape index (κ1) is 20.8. The van der Waals surface area contributed by atoms with Gasteiger partial charge in [0.2, 0.25) is 5.91 Å². The van der Waals surface area contributed by atoms with Crippen LogP contribution in [0.15, 0.2) is 72.1 Å². The lowest BCUT2D eigenvalue weighted by molar-refractivity contribution is -0.132. The Balaban J connectivity index is 1.34. The molecule has 0 unspecified atom stereocenters. The molecular formula is C25H29N3OS. The van der Waals surface area contributed by atoms with E-state index in [4.69, 9.17) is 0 Å². The van der Waals surface area contributed by atoms with Crippen LogP contribution in [0, 0.1) is 6.92 Å². The molecule has 1 aromatic heterocycles. The minimum Gasteiger partial charge on any atom is -0.339 e. The fourth-order valence-corrected chi connectivity index (χ4v) is 4.66. The van der Waals surface area contributed by atoms with E-state index in [0.717, 1.165) is 32.7 Å². The molecule has 1 amide bonds. The SMILES string of the molecule is Cc1ccc([C@H](NCC(=O)N2CCN(Cc3cccs3)CC2)c2ccccc2)cc1. The number of nitrogens with one attached hydrogen (secondary N) is 1. The zero-order valence-electron chi connectivity index (χ0n) is 17.5. The average Bonchev–Trinajstić information content (AvgIpc) is 3.29. The Kier molecular flexibility index (Phi) is 6.95. The van der Waals surface area contributed by atoms with Crippen molar-refractivity contribution in [2.24, 2.45) is 0 Å². The van der Waals surface area contributed by atoms with E-state index in [-0.39, 0.29) is 11.9 Å². The minimum atomic E-state index is 0.0101. The van der Waals surface area contributed by atoms with E-state index in [1.54, 1.807) is 11.3 Å². The van der Waals surface area contributed by atoms with Gasteiger partial charge in [0, 0.05) is 37.6 Å². The van der Waals surface area contributed by atoms with Crippen molar-refractivity contribution >= 4 is 17.2 Å². The molecular weight excluding hydrogens is 390 g/mol. The summed E-state index contributed by atoms with van der Waals surface area (Å²) in [6.45, 7) is 6.89. The van der Waals surface area contributed by atoms with Gasteiger partial charge < -0.3 is 4.90 Å². The van der Waals surface area contributed by atoms with Crippen molar-refractivity contribution in [1.82, 2.24) is 15.1 Å². The predicted molar refractivity (Wildman–Crippen MR) is 124 cm³/mol. The van der Waals surface area contributed by atoms with Gasteiger partial charge in [0.05, 0.1) is 12.6 Å². The van der Waals surface area contributed by atoms with Gasteiger partial charge in [-0.2, -0.15) is 0 Å². The van der Waals surface area contributed by atoms with Crippen molar-refractivity contribution in [3.8, 4) is 0 Å². The summed E-state index contributed by atoms with van der Waals surface area (Å²) in [4.78, 5) is 18.7. The van der Waals surface area contributed by atoms with Crippen LogP contribution in [0.25, 0.3) is 0 Å². The van der Waals surface area contributed by atoms with Crippen molar-refractivity contribution in [3.05, 3.63) is 93.7 Å². The van der Waals surface area contributed by atoms with Gasteiger partial charge in [-0.25, -0.2) is 0 Å². The fraction of sp³-hybridized carbons (Fsp3) is 0.320. The quantitative estimate of drug-likeness (QED) is 0.627. The first-order valence-electron chi connectivity index (χ1n) is 10.6. The molecule has 1 saturated heterocycles. The van der Waals surface area contributed by atoms with Gasteiger partial charge in [0.25, 0.3) is 0 Å². The maximum Gasteiger partial charge on any atom is 0.236 e. The Morgan fingerprint density at radius 2 is 1.63 bits per heavy atom. The summed E-state index contributed by atoms with van der Waals surface area (Å²) in [5, 5.41) is 5.64. The summed E-state index contributed by atoms with van der Waals surface area (Å²) in [5.41, 5.74) is 3.59. The zero-order chi connectivity index (χ0) is 20.8. The Morgan fingerprint density at radius 3 is 2.30 bits per heavy atom. The number of hydrogen-bond acceptors (Lipinski definition) is 4. The van der Waals surface area contributed by atoms with Crippen molar-refractivity contribution in [1.29, 1.82) is 0 Å². The molecule has 156 valence electrons. The van der Waals surface area contributed by atoms with Crippen molar-refractivity contribution in [2.75, 3.05) is 32.7 Å². The van der Waals surface area contributed by atoms with E-state index >= 15 is 0 Å². The maximum atomic E-state index is 12.9. The Bertz CT molecular complexity index is 917. The van der Waals surface area contributed by atoms with Crippen molar-refractivity contribution in [2.45, 2.75) is 19.5 Å². The molecule has 4 rings (SSSR count). The second-order valence-corrected chi connectivity index (χ2v) is 8.90. The summed E-state index contributed by atoms with van der Waals surface area (Å²) in [6, 6.07) is 23.2. The minimum absolute atomic E-state index is 0.0101. The van der Waals surface area contributed by atoms with E-state index in [0.29, 0.717) is 6.54 Å². The van der Waals surface area contributed by atoms with Crippen LogP contribution >= 0.6 is 11.3 Å². The molecule has 0 bridgehead atoms. The highest BCUT2D eigenvalue weighted by atomic mass is 32.1. The molecule has 3 aromatic rings. The van der Waals surface area contributed by atoms with Gasteiger partial charge in [-0.05, 0) is 29.5 Å². The second kappa shape index (κ2) is 10.0. The summed E-state index contributed by atoms with van der Waals surface area (Å²) in [5.74, 6) is 0.179. The molecule has 2 aromatic carbocycles. The van der Waals surface area contributed by atoms with Gasteiger partial charge in [0.1, 0.15) is 0 Å². The molecule has 1 aliphatic rings. The highest BCUT2D eigenvalue weighted by Crippen LogP contribution is 2.22. The highest BCUT2D eigenvalue weighted by Gasteiger charge is 2.22. The monoisotopic (exact) mass is 419 g/mol. The first-order valence-corrected chi connectivity index (χ1v) is 11.4. The van der Waals surface area contributed by atoms with Crippen LogP contribution in [0.1, 0.15) is 27.6 Å². The molecule has 0 saturated carbocycles. The van der Waals surface area contributed by atoms with E-state index in [9.17, 15) is 4.79 Å². The number of carbonyl (C=O) groups is 1. The molecule has 1 N–H and O–H groups in total. The Hall–Kier alpha value is -2.47. The van der Waals surface area contributed by atoms with Gasteiger partial charge in [-0.15, -0.1) is 11.3 Å². The Labute approximate surface area is 183 Å². The topological polar surface area (TPSA) is 35.6 Å². The van der Waals surface area contributed by atoms with Crippen LogP contribution in [-0.4, -0.2) is 48.4 Å². The summed E-state index contributed by atoms with van der Waals surface area (Å²) >= 11 is 1.80. The molecule has 1 aliphatic heterocycles. The van der Waals surface area contributed by atoms with E-state index < -0.39 is 0 Å². The smallest absolute Gasteiger partial charge is 0.236 e. The molecule has 0 spiro atoms. The fourth-order valence-electron chi connectivity index (χ4n) is 3.91. The van der Waals surface area contributed by atoms with E-state index in [1.807, 2.05) is 23.1 Å². The third-order valence-corrected chi connectivity index (χ3v) is 6.55. The normalized spacial score (nSPS) is 15.8. The molecule has 0 radical (unpaired) electrons. The third kappa shape index (κ3) is 5.36. The van der Waals surface area contributed by atoms with Gasteiger partial charge in [-0.1, -0.05) is 66.2 Å². The number of hydrogen-bond donors (Lipinski definition) is 1. The molecule has 0 aliphatic carbocycles. The molecule has 1 fully saturated rings. The van der Waals surface area contributed by atoms with Crippen LogP contribution in [0.2, 0.25) is 0 Å². The standard InChI is InChI=1S/C25H29N3OS/c1-20-9-11-22(12-10-20)25(21-6-3-2-4-7-21)26-18-24(29)28-15-13-27(14-16-28)19-23-8-5-17-30-23/h2-12,17,25-26H,13-16,18-19H2,1H3/t25-/m1/s1. The molecule has 30 heavy (non-hydrogen) atoms. The lowest BCUT2D eigenvalue weighted by Gasteiger charge is -2.35. The molecule has 2 heterocycles. The second-order valence-electron chi connectivity index (χ2n) is 7.87. The van der Waals surface area contributed by atoms with Gasteiger partial charge >= 0.3 is 0 Å². The van der Waals surface area contributed by atoms with Crippen molar-refractivity contribution in [3.63, 3.8) is 0 Å². The lowest BCUT2D eigenvalue weighted by atomic mass is 9.98. The summed E-state index contributed by atoms with van der Waals surface area (Å²) < 4.78 is 0. The number of amides is 1. The number of nitrogens with zero attached hydrogens (tertiary/aromatic N) is 2. The number of rotatable bonds is 7. The number of aryl methyl sites for hydroxylation is 1. The number of carbonyl (C=O) groups excluding carboxylic acids is 1. The largest absolute Gasteiger partial charge is 0.339 e. The van der Waals surface area contributed by atoms with Gasteiger partial charge in [-0.3, -0.25) is 15.0 Å². The number of thiophene rings is 1. The molecule has 1 atom stereocenters. The third-order valence-electron chi connectivity index (χ3n) is 5.69.